The molecule has 1 rings (SSSR count). The Labute approximate surface area is 118 Å². The highest BCUT2D eigenvalue weighted by Gasteiger charge is 2.17. The van der Waals surface area contributed by atoms with Crippen LogP contribution in [-0.4, -0.2) is 38.7 Å². The fourth-order valence-corrected chi connectivity index (χ4v) is 1.73. The van der Waals surface area contributed by atoms with Crippen molar-refractivity contribution in [3.8, 4) is 0 Å². The molecule has 0 spiro atoms. The van der Waals surface area contributed by atoms with Crippen LogP contribution in [0.25, 0.3) is 0 Å². The van der Waals surface area contributed by atoms with Gasteiger partial charge < -0.3 is 14.9 Å². The number of amides is 1. The quantitative estimate of drug-likeness (QED) is 0.501. The van der Waals surface area contributed by atoms with Crippen LogP contribution >= 0.6 is 0 Å². The minimum Gasteiger partial charge on any atom is -0.399 e. The number of ether oxygens (including phenoxy) is 1. The third-order valence-electron chi connectivity index (χ3n) is 2.50. The van der Waals surface area contributed by atoms with Crippen molar-refractivity contribution < 1.29 is 14.4 Å². The molecule has 0 aliphatic carbocycles. The van der Waals surface area contributed by atoms with Crippen molar-refractivity contribution in [2.75, 3.05) is 21.3 Å². The van der Waals surface area contributed by atoms with E-state index in [4.69, 9.17) is 9.57 Å². The highest BCUT2D eigenvalue weighted by Crippen LogP contribution is 2.12. The van der Waals surface area contributed by atoms with Gasteiger partial charge in [-0.15, -0.1) is 0 Å². The Morgan fingerprint density at radius 1 is 1.30 bits per heavy atom. The second-order valence-electron chi connectivity index (χ2n) is 3.97. The molecule has 1 amide bonds. The van der Waals surface area contributed by atoms with Crippen molar-refractivity contribution in [2.45, 2.75) is 13.5 Å². The zero-order chi connectivity index (χ0) is 15.0. The smallest absolute Gasteiger partial charge is 0.222 e. The van der Waals surface area contributed by atoms with Crippen molar-refractivity contribution >= 4 is 17.5 Å². The minimum atomic E-state index is -0.223. The lowest BCUT2D eigenvalue weighted by Crippen LogP contribution is -2.36. The van der Waals surface area contributed by atoms with E-state index >= 15 is 0 Å². The molecule has 0 aliphatic heterocycles. The highest BCUT2D eigenvalue weighted by molar-refractivity contribution is 6.49. The van der Waals surface area contributed by atoms with Gasteiger partial charge in [0.05, 0.1) is 6.61 Å². The molecule has 1 N–H and O–H groups in total. The zero-order valence-electron chi connectivity index (χ0n) is 12.1. The second-order valence-corrected chi connectivity index (χ2v) is 3.97. The summed E-state index contributed by atoms with van der Waals surface area (Å²) in [7, 11) is 4.64. The van der Waals surface area contributed by atoms with Crippen LogP contribution < -0.4 is 5.32 Å². The van der Waals surface area contributed by atoms with Crippen LogP contribution in [0.4, 0.5) is 0 Å². The molecular weight excluding hydrogens is 258 g/mol. The van der Waals surface area contributed by atoms with Gasteiger partial charge in [0.15, 0.2) is 11.5 Å². The highest BCUT2D eigenvalue weighted by atomic mass is 16.6. The van der Waals surface area contributed by atoms with E-state index in [2.05, 4.69) is 15.5 Å². The fraction of sp³-hybridized carbons (Fsp3) is 0.357. The molecule has 108 valence electrons. The van der Waals surface area contributed by atoms with Crippen molar-refractivity contribution in [1.82, 2.24) is 5.32 Å². The second kappa shape index (κ2) is 8.06. The summed E-state index contributed by atoms with van der Waals surface area (Å²) in [5.74, 6) is 0.126. The van der Waals surface area contributed by atoms with E-state index in [9.17, 15) is 4.79 Å². The van der Waals surface area contributed by atoms with Crippen molar-refractivity contribution in [1.29, 1.82) is 0 Å². The monoisotopic (exact) mass is 277 g/mol. The summed E-state index contributed by atoms with van der Waals surface area (Å²) in [5.41, 5.74) is 2.18. The molecule has 20 heavy (non-hydrogen) atoms. The predicted octanol–water partition coefficient (Wildman–Crippen LogP) is 1.35. The summed E-state index contributed by atoms with van der Waals surface area (Å²) in [6.45, 7) is 1.84. The van der Waals surface area contributed by atoms with Gasteiger partial charge in [0.2, 0.25) is 5.91 Å². The lowest BCUT2D eigenvalue weighted by atomic mass is 10.0. The summed E-state index contributed by atoms with van der Waals surface area (Å²) in [4.78, 5) is 20.2. The number of rotatable bonds is 5. The molecule has 0 heterocycles. The summed E-state index contributed by atoms with van der Waals surface area (Å²) < 4.78 is 5.17. The van der Waals surface area contributed by atoms with Gasteiger partial charge in [-0.1, -0.05) is 29.4 Å². The van der Waals surface area contributed by atoms with Crippen LogP contribution in [0.5, 0.6) is 0 Å². The lowest BCUT2D eigenvalue weighted by Gasteiger charge is -2.13. The number of carbonyl (C=O) groups is 1. The number of hydrogen-bond acceptors (Lipinski definition) is 5. The zero-order valence-corrected chi connectivity index (χ0v) is 12.1. The number of amidine groups is 1. The maximum absolute atomic E-state index is 11.3. The first-order chi connectivity index (χ1) is 9.63. The Balaban J connectivity index is 3.27. The topological polar surface area (TPSA) is 72.3 Å². The van der Waals surface area contributed by atoms with Crippen molar-refractivity contribution in [3.63, 3.8) is 0 Å². The van der Waals surface area contributed by atoms with Crippen molar-refractivity contribution in [3.05, 3.63) is 35.4 Å². The first kappa shape index (κ1) is 15.8. The van der Waals surface area contributed by atoms with Crippen LogP contribution in [0, 0.1) is 0 Å². The lowest BCUT2D eigenvalue weighted by molar-refractivity contribution is -0.117. The number of methoxy groups -OCH3 is 1. The first-order valence-corrected chi connectivity index (χ1v) is 6.07. The van der Waals surface area contributed by atoms with Crippen molar-refractivity contribution in [2.24, 2.45) is 10.1 Å². The third kappa shape index (κ3) is 4.17. The van der Waals surface area contributed by atoms with E-state index in [0.29, 0.717) is 18.2 Å². The molecule has 0 saturated heterocycles. The Kier molecular flexibility index (Phi) is 6.39. The first-order valence-electron chi connectivity index (χ1n) is 6.07. The number of nitrogens with one attached hydrogen (secondary N) is 1. The van der Waals surface area contributed by atoms with Crippen LogP contribution in [0.2, 0.25) is 0 Å². The van der Waals surface area contributed by atoms with Gasteiger partial charge in [-0.3, -0.25) is 9.79 Å². The number of oxime groups is 1. The van der Waals surface area contributed by atoms with E-state index < -0.39 is 0 Å². The Bertz CT molecular complexity index is 524. The summed E-state index contributed by atoms with van der Waals surface area (Å²) in [5, 5.41) is 6.62. The Morgan fingerprint density at radius 2 is 2.00 bits per heavy atom. The number of aliphatic imine (C=N–C) groups is 1. The standard InChI is InChI=1S/C14H19N3O3/c1-10(18)16-14(15-2)13(17-20-4)12-8-6-5-7-11(12)9-19-3/h5-8H,9H2,1-4H3,(H,15,16,18)/b17-13-. The molecule has 0 aliphatic rings. The van der Waals surface area contributed by atoms with Gasteiger partial charge in [-0.2, -0.15) is 0 Å². The normalized spacial score (nSPS) is 12.2. The molecule has 0 bridgehead atoms. The molecule has 1 aromatic carbocycles. The number of carbonyl (C=O) groups excluding carboxylic acids is 1. The largest absolute Gasteiger partial charge is 0.399 e. The minimum absolute atomic E-state index is 0.223. The van der Waals surface area contributed by atoms with Gasteiger partial charge >= 0.3 is 0 Å². The predicted molar refractivity (Wildman–Crippen MR) is 77.9 cm³/mol. The number of hydrogen-bond donors (Lipinski definition) is 1. The molecular formula is C14H19N3O3. The van der Waals surface area contributed by atoms with Gasteiger partial charge in [0.25, 0.3) is 0 Å². The molecule has 6 heteroatoms. The summed E-state index contributed by atoms with van der Waals surface area (Å²) >= 11 is 0. The molecule has 1 aromatic rings. The van der Waals surface area contributed by atoms with E-state index in [0.717, 1.165) is 11.1 Å². The molecule has 6 nitrogen and oxygen atoms in total. The molecule has 0 unspecified atom stereocenters. The van der Waals surface area contributed by atoms with Crippen LogP contribution in [0.15, 0.2) is 34.4 Å². The maximum Gasteiger partial charge on any atom is 0.222 e. The van der Waals surface area contributed by atoms with Crippen LogP contribution in [-0.2, 0) is 21.0 Å². The Morgan fingerprint density at radius 3 is 2.55 bits per heavy atom. The van der Waals surface area contributed by atoms with Crippen LogP contribution in [0.3, 0.4) is 0 Å². The van der Waals surface area contributed by atoms with E-state index in [1.54, 1.807) is 14.2 Å². The van der Waals surface area contributed by atoms with E-state index in [-0.39, 0.29) is 5.91 Å². The Hall–Kier alpha value is -2.21. The fourth-order valence-electron chi connectivity index (χ4n) is 1.73. The van der Waals surface area contributed by atoms with E-state index in [1.165, 1.54) is 14.0 Å². The van der Waals surface area contributed by atoms with Gasteiger partial charge in [-0.05, 0) is 5.56 Å². The molecule has 0 aromatic heterocycles. The SMILES string of the molecule is CN=C(NC(C)=O)/C(=N\OC)c1ccccc1COC. The van der Waals surface area contributed by atoms with Gasteiger partial charge in [-0.25, -0.2) is 0 Å². The molecule has 0 radical (unpaired) electrons. The average molecular weight is 277 g/mol. The average Bonchev–Trinajstić information content (AvgIpc) is 2.43. The van der Waals surface area contributed by atoms with Gasteiger partial charge in [0, 0.05) is 26.6 Å². The molecule has 0 atom stereocenters. The summed E-state index contributed by atoms with van der Waals surface area (Å²) in [6, 6.07) is 7.58. The third-order valence-corrected chi connectivity index (χ3v) is 2.50. The van der Waals surface area contributed by atoms with Crippen LogP contribution in [0.1, 0.15) is 18.1 Å². The number of benzene rings is 1. The van der Waals surface area contributed by atoms with Gasteiger partial charge in [0.1, 0.15) is 7.11 Å². The maximum atomic E-state index is 11.3. The summed E-state index contributed by atoms with van der Waals surface area (Å²) in [6.07, 6.45) is 0. The number of nitrogens with zero attached hydrogens (tertiary/aromatic N) is 2. The molecule has 0 fully saturated rings. The van der Waals surface area contributed by atoms with E-state index in [1.807, 2.05) is 24.3 Å². The molecule has 0 saturated carbocycles.